The zero-order valence-corrected chi connectivity index (χ0v) is 10.2. The number of fused-ring (bicyclic) bond motifs is 1. The molecule has 0 aliphatic heterocycles. The van der Waals surface area contributed by atoms with Crippen LogP contribution in [0.25, 0.3) is 11.0 Å². The van der Waals surface area contributed by atoms with E-state index in [1.165, 1.54) is 16.5 Å². The lowest BCUT2D eigenvalue weighted by Crippen LogP contribution is -2.18. The van der Waals surface area contributed by atoms with Gasteiger partial charge in [-0.25, -0.2) is 0 Å². The molecule has 0 bridgehead atoms. The van der Waals surface area contributed by atoms with Gasteiger partial charge in [0.1, 0.15) is 5.58 Å². The minimum absolute atomic E-state index is 0.228. The quantitative estimate of drug-likeness (QED) is 0.759. The Hall–Kier alpha value is -2.00. The topological polar surface area (TPSA) is 38.3 Å². The molecule has 1 N–H and O–H groups in total. The summed E-state index contributed by atoms with van der Waals surface area (Å²) in [5, 5.41) is 4.50. The van der Waals surface area contributed by atoms with E-state index >= 15 is 0 Å². The summed E-state index contributed by atoms with van der Waals surface area (Å²) in [7, 11) is 1.96. The van der Waals surface area contributed by atoms with Crippen molar-refractivity contribution in [1.29, 1.82) is 0 Å². The molecule has 3 rings (SSSR count). The van der Waals surface area contributed by atoms with Gasteiger partial charge >= 0.3 is 0 Å². The number of hydrogen-bond donors (Lipinski definition) is 1. The molecule has 18 heavy (non-hydrogen) atoms. The average Bonchev–Trinajstić information content (AvgIpc) is 3.05. The second-order valence-electron chi connectivity index (χ2n) is 4.36. The number of rotatable bonds is 4. The highest BCUT2D eigenvalue weighted by atomic mass is 16.3. The van der Waals surface area contributed by atoms with Gasteiger partial charge < -0.3 is 14.2 Å². The van der Waals surface area contributed by atoms with Gasteiger partial charge in [-0.05, 0) is 31.2 Å². The molecule has 0 fully saturated rings. The molecular weight excluding hydrogens is 226 g/mol. The summed E-state index contributed by atoms with van der Waals surface area (Å²) in [5.74, 6) is 0. The zero-order valence-electron chi connectivity index (χ0n) is 10.2. The molecule has 2 aromatic heterocycles. The Morgan fingerprint density at radius 3 is 2.83 bits per heavy atom. The third-order valence-electron chi connectivity index (χ3n) is 3.25. The van der Waals surface area contributed by atoms with Crippen molar-refractivity contribution in [2.45, 2.75) is 12.5 Å². The lowest BCUT2D eigenvalue weighted by molar-refractivity contribution is 0.545. The van der Waals surface area contributed by atoms with Gasteiger partial charge in [-0.3, -0.25) is 0 Å². The normalized spacial score (nSPS) is 12.9. The molecule has 1 unspecified atom stereocenters. The number of hydrogen-bond acceptors (Lipinski definition) is 3. The fourth-order valence-electron chi connectivity index (χ4n) is 2.28. The highest BCUT2D eigenvalue weighted by molar-refractivity contribution is 5.81. The van der Waals surface area contributed by atoms with Crippen LogP contribution in [-0.4, -0.2) is 7.05 Å². The Balaban J connectivity index is 1.96. The van der Waals surface area contributed by atoms with Crippen molar-refractivity contribution < 1.29 is 8.83 Å². The molecule has 92 valence electrons. The van der Waals surface area contributed by atoms with E-state index in [1.807, 2.05) is 37.6 Å². The molecular formula is C15H15NO2. The van der Waals surface area contributed by atoms with Crippen LogP contribution in [0.3, 0.4) is 0 Å². The first kappa shape index (κ1) is 11.1. The maximum atomic E-state index is 5.59. The van der Waals surface area contributed by atoms with Crippen molar-refractivity contribution in [3.8, 4) is 0 Å². The number of likely N-dealkylation sites (N-methyl/N-ethyl adjacent to an activating group) is 1. The van der Waals surface area contributed by atoms with Crippen molar-refractivity contribution in [2.75, 3.05) is 7.05 Å². The van der Waals surface area contributed by atoms with E-state index in [-0.39, 0.29) is 6.04 Å². The summed E-state index contributed by atoms with van der Waals surface area (Å²) in [6.07, 6.45) is 6.21. The van der Waals surface area contributed by atoms with Gasteiger partial charge in [-0.2, -0.15) is 0 Å². The zero-order chi connectivity index (χ0) is 12.4. The molecule has 3 nitrogen and oxygen atoms in total. The molecule has 3 aromatic rings. The van der Waals surface area contributed by atoms with Crippen molar-refractivity contribution in [3.63, 3.8) is 0 Å². The maximum Gasteiger partial charge on any atom is 0.134 e. The molecule has 0 saturated heterocycles. The Kier molecular flexibility index (Phi) is 2.90. The molecule has 0 radical (unpaired) electrons. The predicted molar refractivity (Wildman–Crippen MR) is 70.4 cm³/mol. The second-order valence-corrected chi connectivity index (χ2v) is 4.36. The molecule has 3 heteroatoms. The summed E-state index contributed by atoms with van der Waals surface area (Å²) in [6, 6.07) is 10.3. The fourth-order valence-corrected chi connectivity index (χ4v) is 2.28. The maximum absolute atomic E-state index is 5.59. The van der Waals surface area contributed by atoms with Crippen LogP contribution in [0.1, 0.15) is 17.2 Å². The monoisotopic (exact) mass is 241 g/mol. The number of nitrogens with one attached hydrogen (secondary N) is 1. The Morgan fingerprint density at radius 2 is 2.06 bits per heavy atom. The highest BCUT2D eigenvalue weighted by Crippen LogP contribution is 2.28. The predicted octanol–water partition coefficient (Wildman–Crippen LogP) is 3.53. The number of para-hydroxylation sites is 1. The first-order valence-electron chi connectivity index (χ1n) is 6.03. The van der Waals surface area contributed by atoms with Gasteiger partial charge in [-0.15, -0.1) is 0 Å². The van der Waals surface area contributed by atoms with E-state index in [0.29, 0.717) is 0 Å². The minimum atomic E-state index is 0.228. The molecule has 1 aromatic carbocycles. The number of benzene rings is 1. The minimum Gasteiger partial charge on any atom is -0.472 e. The smallest absolute Gasteiger partial charge is 0.134 e. The summed E-state index contributed by atoms with van der Waals surface area (Å²) in [5.41, 5.74) is 3.30. The molecule has 0 aliphatic carbocycles. The van der Waals surface area contributed by atoms with Crippen LogP contribution >= 0.6 is 0 Å². The van der Waals surface area contributed by atoms with Crippen molar-refractivity contribution in [2.24, 2.45) is 0 Å². The lowest BCUT2D eigenvalue weighted by atomic mass is 10.00. The second kappa shape index (κ2) is 4.70. The van der Waals surface area contributed by atoms with Crippen LogP contribution < -0.4 is 5.32 Å². The van der Waals surface area contributed by atoms with Crippen molar-refractivity contribution in [3.05, 3.63) is 60.2 Å². The van der Waals surface area contributed by atoms with E-state index in [9.17, 15) is 0 Å². The Morgan fingerprint density at radius 1 is 1.17 bits per heavy atom. The third-order valence-corrected chi connectivity index (χ3v) is 3.25. The van der Waals surface area contributed by atoms with E-state index in [2.05, 4.69) is 11.4 Å². The molecule has 0 spiro atoms. The van der Waals surface area contributed by atoms with Gasteiger partial charge in [-0.1, -0.05) is 18.2 Å². The number of furan rings is 2. The first-order valence-corrected chi connectivity index (χ1v) is 6.03. The van der Waals surface area contributed by atoms with E-state index < -0.39 is 0 Å². The van der Waals surface area contributed by atoms with Crippen LogP contribution in [0.4, 0.5) is 0 Å². The van der Waals surface area contributed by atoms with Gasteiger partial charge in [0.05, 0.1) is 18.8 Å². The van der Waals surface area contributed by atoms with Crippen LogP contribution in [0.5, 0.6) is 0 Å². The molecule has 1 atom stereocenters. The van der Waals surface area contributed by atoms with E-state index in [4.69, 9.17) is 8.83 Å². The molecule has 2 heterocycles. The van der Waals surface area contributed by atoms with Crippen molar-refractivity contribution >= 4 is 11.0 Å². The third kappa shape index (κ3) is 1.93. The summed E-state index contributed by atoms with van der Waals surface area (Å²) < 4.78 is 10.7. The molecule has 0 amide bonds. The average molecular weight is 241 g/mol. The van der Waals surface area contributed by atoms with Gasteiger partial charge in [0.15, 0.2) is 0 Å². The summed E-state index contributed by atoms with van der Waals surface area (Å²) in [4.78, 5) is 0. The van der Waals surface area contributed by atoms with Crippen LogP contribution in [0.2, 0.25) is 0 Å². The van der Waals surface area contributed by atoms with Crippen LogP contribution in [0, 0.1) is 0 Å². The largest absolute Gasteiger partial charge is 0.472 e. The SMILES string of the molecule is CNC(Cc1ccoc1)c1coc2ccccc12. The van der Waals surface area contributed by atoms with Crippen LogP contribution in [0.15, 0.2) is 58.0 Å². The lowest BCUT2D eigenvalue weighted by Gasteiger charge is -2.13. The summed E-state index contributed by atoms with van der Waals surface area (Å²) in [6.45, 7) is 0. The van der Waals surface area contributed by atoms with Crippen LogP contribution in [-0.2, 0) is 6.42 Å². The summed E-state index contributed by atoms with van der Waals surface area (Å²) >= 11 is 0. The first-order chi connectivity index (χ1) is 8.88. The highest BCUT2D eigenvalue weighted by Gasteiger charge is 2.16. The van der Waals surface area contributed by atoms with Crippen molar-refractivity contribution in [1.82, 2.24) is 5.32 Å². The van der Waals surface area contributed by atoms with Gasteiger partial charge in [0.2, 0.25) is 0 Å². The fraction of sp³-hybridized carbons (Fsp3) is 0.200. The van der Waals surface area contributed by atoms with E-state index in [0.717, 1.165) is 12.0 Å². The molecule has 0 aliphatic rings. The Bertz CT molecular complexity index is 625. The van der Waals surface area contributed by atoms with Gasteiger partial charge in [0.25, 0.3) is 0 Å². The van der Waals surface area contributed by atoms with E-state index in [1.54, 1.807) is 12.5 Å². The standard InChI is InChI=1S/C15H15NO2/c1-16-14(8-11-6-7-17-9-11)13-10-18-15-5-3-2-4-12(13)15/h2-7,9-10,14,16H,8H2,1H3. The Labute approximate surface area is 105 Å². The van der Waals surface area contributed by atoms with Gasteiger partial charge in [0, 0.05) is 17.0 Å². The molecule has 0 saturated carbocycles.